The molecule has 2 rings (SSSR count). The van der Waals surface area contributed by atoms with Crippen LogP contribution in [-0.2, 0) is 18.2 Å². The number of aryl methyl sites for hydroxylation is 2. The summed E-state index contributed by atoms with van der Waals surface area (Å²) in [6, 6.07) is 2.53. The molecule has 2 atom stereocenters. The summed E-state index contributed by atoms with van der Waals surface area (Å²) in [5, 5.41) is 7.86. The van der Waals surface area contributed by atoms with Crippen molar-refractivity contribution >= 4 is 0 Å². The van der Waals surface area contributed by atoms with Crippen molar-refractivity contribution in [3.63, 3.8) is 0 Å². The van der Waals surface area contributed by atoms with Gasteiger partial charge in [-0.2, -0.15) is 5.10 Å². The van der Waals surface area contributed by atoms with Gasteiger partial charge in [0.2, 0.25) is 0 Å². The Balaban J connectivity index is 1.97. The number of nitrogens with zero attached hydrogens (tertiary/aromatic N) is 2. The topological polar surface area (TPSA) is 39.1 Å². The first kappa shape index (κ1) is 14.5. The van der Waals surface area contributed by atoms with Crippen LogP contribution in [0.3, 0.4) is 0 Å². The van der Waals surface area contributed by atoms with Crippen LogP contribution in [0.15, 0.2) is 12.3 Å². The van der Waals surface area contributed by atoms with Crippen LogP contribution in [-0.4, -0.2) is 34.6 Å². The zero-order valence-corrected chi connectivity index (χ0v) is 12.5. The maximum absolute atomic E-state index is 6.10. The molecule has 0 bridgehead atoms. The smallest absolute Gasteiger partial charge is 0.0806 e. The zero-order chi connectivity index (χ0) is 13.7. The van der Waals surface area contributed by atoms with Gasteiger partial charge in [-0.1, -0.05) is 6.92 Å². The fraction of sp³-hybridized carbons (Fsp3) is 0.800. The van der Waals surface area contributed by atoms with Crippen LogP contribution >= 0.6 is 0 Å². The van der Waals surface area contributed by atoms with Crippen LogP contribution in [0, 0.1) is 0 Å². The third-order valence-electron chi connectivity index (χ3n) is 4.30. The molecule has 1 fully saturated rings. The van der Waals surface area contributed by atoms with Gasteiger partial charge in [-0.05, 0) is 51.6 Å². The largest absolute Gasteiger partial charge is 0.374 e. The minimum Gasteiger partial charge on any atom is -0.374 e. The summed E-state index contributed by atoms with van der Waals surface area (Å²) in [5.41, 5.74) is 1.29. The van der Waals surface area contributed by atoms with Crippen molar-refractivity contribution in [1.29, 1.82) is 0 Å². The lowest BCUT2D eigenvalue weighted by Crippen LogP contribution is -2.52. The molecule has 2 heterocycles. The predicted octanol–water partition coefficient (Wildman–Crippen LogP) is 2.29. The molecule has 108 valence electrons. The first-order valence-corrected chi connectivity index (χ1v) is 7.50. The highest BCUT2D eigenvalue weighted by molar-refractivity contribution is 5.02. The molecule has 1 aromatic heterocycles. The number of rotatable bonds is 6. The highest BCUT2D eigenvalue weighted by Crippen LogP contribution is 2.30. The Morgan fingerprint density at radius 1 is 1.53 bits per heavy atom. The van der Waals surface area contributed by atoms with E-state index in [0.717, 1.165) is 32.4 Å². The lowest BCUT2D eigenvalue weighted by atomic mass is 9.85. The van der Waals surface area contributed by atoms with Gasteiger partial charge >= 0.3 is 0 Å². The van der Waals surface area contributed by atoms with Crippen LogP contribution < -0.4 is 5.32 Å². The van der Waals surface area contributed by atoms with Crippen LogP contribution in [0.4, 0.5) is 0 Å². The van der Waals surface area contributed by atoms with E-state index in [1.165, 1.54) is 18.5 Å². The van der Waals surface area contributed by atoms with E-state index in [-0.39, 0.29) is 5.60 Å². The molecule has 4 nitrogen and oxygen atoms in total. The lowest BCUT2D eigenvalue weighted by Gasteiger charge is -2.41. The minimum atomic E-state index is -0.00709. The monoisotopic (exact) mass is 265 g/mol. The maximum atomic E-state index is 6.10. The molecule has 1 aliphatic heterocycles. The summed E-state index contributed by atoms with van der Waals surface area (Å²) in [4.78, 5) is 0. The Morgan fingerprint density at radius 3 is 2.95 bits per heavy atom. The van der Waals surface area contributed by atoms with E-state index in [0.29, 0.717) is 6.04 Å². The van der Waals surface area contributed by atoms with Crippen molar-refractivity contribution in [2.45, 2.75) is 57.6 Å². The molecule has 0 amide bonds. The van der Waals surface area contributed by atoms with Crippen molar-refractivity contribution in [2.24, 2.45) is 7.05 Å². The summed E-state index contributed by atoms with van der Waals surface area (Å²) in [7, 11) is 2.01. The van der Waals surface area contributed by atoms with Gasteiger partial charge < -0.3 is 10.1 Å². The molecule has 4 heteroatoms. The molecule has 0 saturated carbocycles. The number of hydrogen-bond acceptors (Lipinski definition) is 3. The van der Waals surface area contributed by atoms with Gasteiger partial charge in [-0.15, -0.1) is 0 Å². The molecule has 19 heavy (non-hydrogen) atoms. The fourth-order valence-corrected chi connectivity index (χ4v) is 3.04. The molecular formula is C15H27N3O. The number of ether oxygens (including phenoxy) is 1. The summed E-state index contributed by atoms with van der Waals surface area (Å²) in [6.45, 7) is 6.34. The summed E-state index contributed by atoms with van der Waals surface area (Å²) in [5.74, 6) is 0. The molecule has 1 aromatic rings. The highest BCUT2D eigenvalue weighted by Gasteiger charge is 2.36. The number of aromatic nitrogens is 2. The standard InChI is InChI=1S/C15H27N3O/c1-4-16-14(15(2)10-5-6-12-19-15)8-7-13-9-11-17-18(13)3/h9,11,14,16H,4-8,10,12H2,1-3H3. The third kappa shape index (κ3) is 3.57. The van der Waals surface area contributed by atoms with Crippen LogP contribution in [0.1, 0.15) is 45.2 Å². The van der Waals surface area contributed by atoms with E-state index in [9.17, 15) is 0 Å². The van der Waals surface area contributed by atoms with E-state index >= 15 is 0 Å². The van der Waals surface area contributed by atoms with Gasteiger partial charge in [0.1, 0.15) is 0 Å². The van der Waals surface area contributed by atoms with Gasteiger partial charge in [0.15, 0.2) is 0 Å². The molecular weight excluding hydrogens is 238 g/mol. The minimum absolute atomic E-state index is 0.00709. The van der Waals surface area contributed by atoms with Gasteiger partial charge in [-0.3, -0.25) is 4.68 Å². The molecule has 0 spiro atoms. The Hall–Kier alpha value is -0.870. The summed E-state index contributed by atoms with van der Waals surface area (Å²) in [6.07, 6.45) is 7.67. The molecule has 0 aromatic carbocycles. The average Bonchev–Trinajstić information content (AvgIpc) is 2.81. The second-order valence-corrected chi connectivity index (χ2v) is 5.71. The van der Waals surface area contributed by atoms with Crippen molar-refractivity contribution in [3.05, 3.63) is 18.0 Å². The Kier molecular flexibility index (Phi) is 4.99. The summed E-state index contributed by atoms with van der Waals surface area (Å²) < 4.78 is 8.06. The van der Waals surface area contributed by atoms with Crippen LogP contribution in [0.25, 0.3) is 0 Å². The van der Waals surface area contributed by atoms with Crippen molar-refractivity contribution in [1.82, 2.24) is 15.1 Å². The number of likely N-dealkylation sites (N-methyl/N-ethyl adjacent to an activating group) is 1. The number of hydrogen-bond donors (Lipinski definition) is 1. The third-order valence-corrected chi connectivity index (χ3v) is 4.30. The van der Waals surface area contributed by atoms with Crippen molar-refractivity contribution < 1.29 is 4.74 Å². The SMILES string of the molecule is CCNC(CCc1ccnn1C)C1(C)CCCCO1. The van der Waals surface area contributed by atoms with Gasteiger partial charge in [0.25, 0.3) is 0 Å². The first-order chi connectivity index (χ1) is 9.15. The maximum Gasteiger partial charge on any atom is 0.0806 e. The van der Waals surface area contributed by atoms with Crippen LogP contribution in [0.5, 0.6) is 0 Å². The van der Waals surface area contributed by atoms with E-state index in [1.54, 1.807) is 0 Å². The Bertz CT molecular complexity index is 382. The lowest BCUT2D eigenvalue weighted by molar-refractivity contribution is -0.0897. The van der Waals surface area contributed by atoms with E-state index < -0.39 is 0 Å². The summed E-state index contributed by atoms with van der Waals surface area (Å²) >= 11 is 0. The normalized spacial score (nSPS) is 25.4. The van der Waals surface area contributed by atoms with Gasteiger partial charge in [0.05, 0.1) is 5.60 Å². The Labute approximate surface area is 116 Å². The second kappa shape index (κ2) is 6.53. The predicted molar refractivity (Wildman–Crippen MR) is 77.2 cm³/mol. The molecule has 0 radical (unpaired) electrons. The van der Waals surface area contributed by atoms with E-state index in [2.05, 4.69) is 30.3 Å². The number of nitrogens with one attached hydrogen (secondary N) is 1. The average molecular weight is 265 g/mol. The molecule has 0 aliphatic carbocycles. The van der Waals surface area contributed by atoms with E-state index in [4.69, 9.17) is 4.74 Å². The molecule has 1 N–H and O–H groups in total. The second-order valence-electron chi connectivity index (χ2n) is 5.71. The molecule has 1 aliphatic rings. The van der Waals surface area contributed by atoms with Crippen molar-refractivity contribution in [3.8, 4) is 0 Å². The molecule has 2 unspecified atom stereocenters. The highest BCUT2D eigenvalue weighted by atomic mass is 16.5. The van der Waals surface area contributed by atoms with Gasteiger partial charge in [0, 0.05) is 31.6 Å². The Morgan fingerprint density at radius 2 is 2.37 bits per heavy atom. The fourth-order valence-electron chi connectivity index (χ4n) is 3.04. The zero-order valence-electron chi connectivity index (χ0n) is 12.5. The first-order valence-electron chi connectivity index (χ1n) is 7.50. The van der Waals surface area contributed by atoms with Crippen molar-refractivity contribution in [2.75, 3.05) is 13.2 Å². The molecule has 1 saturated heterocycles. The van der Waals surface area contributed by atoms with Gasteiger partial charge in [-0.25, -0.2) is 0 Å². The van der Waals surface area contributed by atoms with E-state index in [1.807, 2.05) is 17.9 Å². The quantitative estimate of drug-likeness (QED) is 0.858. The van der Waals surface area contributed by atoms with Crippen LogP contribution in [0.2, 0.25) is 0 Å².